The molecular weight excluding hydrogens is 284 g/mol. The van der Waals surface area contributed by atoms with Gasteiger partial charge in [0.05, 0.1) is 0 Å². The van der Waals surface area contributed by atoms with Crippen LogP contribution in [0, 0.1) is 5.92 Å². The predicted molar refractivity (Wildman–Crippen MR) is 86.8 cm³/mol. The molecule has 1 aliphatic rings. The zero-order chi connectivity index (χ0) is 15.2. The van der Waals surface area contributed by atoms with Crippen LogP contribution in [-0.2, 0) is 10.8 Å². The van der Waals surface area contributed by atoms with Gasteiger partial charge in [0.15, 0.2) is 0 Å². The Labute approximate surface area is 129 Å². The fourth-order valence-electron chi connectivity index (χ4n) is 2.81. The maximum Gasteiger partial charge on any atom is 0.315 e. The first kappa shape index (κ1) is 16.0. The lowest BCUT2D eigenvalue weighted by Crippen LogP contribution is -2.45. The summed E-state index contributed by atoms with van der Waals surface area (Å²) in [6, 6.07) is 10.3. The topological polar surface area (TPSA) is 58.2 Å². The van der Waals surface area contributed by atoms with E-state index in [1.54, 1.807) is 6.26 Å². The van der Waals surface area contributed by atoms with E-state index in [9.17, 15) is 9.00 Å². The zero-order valence-corrected chi connectivity index (χ0v) is 13.5. The van der Waals surface area contributed by atoms with Crippen molar-refractivity contribution in [3.63, 3.8) is 0 Å². The molecule has 1 saturated carbocycles. The molecule has 0 radical (unpaired) electrons. The Morgan fingerprint density at radius 1 is 1.33 bits per heavy atom. The maximum absolute atomic E-state index is 11.7. The van der Waals surface area contributed by atoms with Crippen LogP contribution >= 0.6 is 0 Å². The summed E-state index contributed by atoms with van der Waals surface area (Å²) in [4.78, 5) is 11.7. The smallest absolute Gasteiger partial charge is 0.315 e. The minimum absolute atomic E-state index is 0.0608. The van der Waals surface area contributed by atoms with E-state index in [2.05, 4.69) is 34.9 Å². The molecule has 2 rings (SSSR count). The van der Waals surface area contributed by atoms with Crippen LogP contribution in [0.25, 0.3) is 0 Å². The molecule has 5 heteroatoms. The zero-order valence-electron chi connectivity index (χ0n) is 12.7. The standard InChI is InChI=1S/C16H24N2O2S/c1-12(11-21(2)20)18-16(19)17-10-13-8-15(9-13)14-6-4-3-5-7-14/h3-7,12-13,15H,8-11H2,1-2H3,(H2,17,18,19)/t12-,13?,15?,21-/m1/s1. The Balaban J connectivity index is 1.62. The molecule has 1 fully saturated rings. The van der Waals surface area contributed by atoms with E-state index in [-0.39, 0.29) is 12.1 Å². The first-order valence-electron chi connectivity index (χ1n) is 7.44. The average Bonchev–Trinajstić information content (AvgIpc) is 2.36. The molecule has 116 valence electrons. The lowest BCUT2D eigenvalue weighted by atomic mass is 9.71. The summed E-state index contributed by atoms with van der Waals surface area (Å²) in [6.07, 6.45) is 3.92. The normalized spacial score (nSPS) is 23.7. The average molecular weight is 308 g/mol. The number of hydrogen-bond acceptors (Lipinski definition) is 2. The predicted octanol–water partition coefficient (Wildman–Crippen LogP) is 2.25. The SMILES string of the molecule is C[C@H](C[S@@](C)=O)NC(=O)NCC1CC(c2ccccc2)C1. The van der Waals surface area contributed by atoms with E-state index >= 15 is 0 Å². The van der Waals surface area contributed by atoms with Crippen LogP contribution in [0.15, 0.2) is 30.3 Å². The minimum Gasteiger partial charge on any atom is -0.338 e. The minimum atomic E-state index is -0.884. The Bertz CT molecular complexity index is 486. The monoisotopic (exact) mass is 308 g/mol. The number of benzene rings is 1. The second kappa shape index (κ2) is 7.59. The second-order valence-corrected chi connectivity index (χ2v) is 7.42. The first-order chi connectivity index (χ1) is 10.0. The fraction of sp³-hybridized carbons (Fsp3) is 0.562. The summed E-state index contributed by atoms with van der Waals surface area (Å²) in [7, 11) is -0.884. The Morgan fingerprint density at radius 3 is 2.62 bits per heavy atom. The molecule has 1 aliphatic carbocycles. The summed E-state index contributed by atoms with van der Waals surface area (Å²) < 4.78 is 11.1. The van der Waals surface area contributed by atoms with Gasteiger partial charge in [-0.05, 0) is 37.2 Å². The van der Waals surface area contributed by atoms with Crippen molar-refractivity contribution in [1.29, 1.82) is 0 Å². The maximum atomic E-state index is 11.7. The van der Waals surface area contributed by atoms with Crippen LogP contribution < -0.4 is 10.6 Å². The van der Waals surface area contributed by atoms with Crippen LogP contribution in [0.3, 0.4) is 0 Å². The molecule has 1 aromatic carbocycles. The van der Waals surface area contributed by atoms with Gasteiger partial charge in [0, 0.05) is 35.4 Å². The molecule has 2 N–H and O–H groups in total. The van der Waals surface area contributed by atoms with Crippen molar-refractivity contribution in [3.05, 3.63) is 35.9 Å². The molecule has 2 atom stereocenters. The third kappa shape index (κ3) is 5.16. The van der Waals surface area contributed by atoms with Gasteiger partial charge in [0.1, 0.15) is 0 Å². The molecular formula is C16H24N2O2S. The van der Waals surface area contributed by atoms with E-state index in [1.165, 1.54) is 5.56 Å². The fourth-order valence-corrected chi connectivity index (χ4v) is 3.59. The van der Waals surface area contributed by atoms with Crippen LogP contribution in [0.4, 0.5) is 4.79 Å². The summed E-state index contributed by atoms with van der Waals surface area (Å²) in [6.45, 7) is 2.59. The third-order valence-corrected chi connectivity index (χ3v) is 4.89. The number of carbonyl (C=O) groups is 1. The molecule has 0 unspecified atom stereocenters. The van der Waals surface area contributed by atoms with Gasteiger partial charge in [-0.3, -0.25) is 4.21 Å². The van der Waals surface area contributed by atoms with Crippen LogP contribution in [0.1, 0.15) is 31.2 Å². The largest absolute Gasteiger partial charge is 0.338 e. The molecule has 0 aliphatic heterocycles. The van der Waals surface area contributed by atoms with Crippen LogP contribution in [0.5, 0.6) is 0 Å². The number of urea groups is 1. The van der Waals surface area contributed by atoms with Crippen molar-refractivity contribution in [2.45, 2.75) is 31.7 Å². The van der Waals surface area contributed by atoms with Crippen LogP contribution in [0.2, 0.25) is 0 Å². The molecule has 0 heterocycles. The van der Waals surface area contributed by atoms with Gasteiger partial charge in [0.2, 0.25) is 0 Å². The van der Waals surface area contributed by atoms with Gasteiger partial charge in [-0.25, -0.2) is 4.79 Å². The Morgan fingerprint density at radius 2 is 2.00 bits per heavy atom. The van der Waals surface area contributed by atoms with Gasteiger partial charge >= 0.3 is 6.03 Å². The van der Waals surface area contributed by atoms with E-state index < -0.39 is 10.8 Å². The van der Waals surface area contributed by atoms with Gasteiger partial charge in [-0.15, -0.1) is 0 Å². The molecule has 0 bridgehead atoms. The van der Waals surface area contributed by atoms with Crippen molar-refractivity contribution in [2.24, 2.45) is 5.92 Å². The van der Waals surface area contributed by atoms with E-state index in [4.69, 9.17) is 0 Å². The van der Waals surface area contributed by atoms with E-state index in [0.29, 0.717) is 17.6 Å². The number of hydrogen-bond donors (Lipinski definition) is 2. The Kier molecular flexibility index (Phi) is 5.79. The van der Waals surface area contributed by atoms with Crippen molar-refractivity contribution >= 4 is 16.8 Å². The van der Waals surface area contributed by atoms with Crippen molar-refractivity contribution in [3.8, 4) is 0 Å². The first-order valence-corrected chi connectivity index (χ1v) is 9.16. The quantitative estimate of drug-likeness (QED) is 0.847. The molecule has 4 nitrogen and oxygen atoms in total. The number of amides is 2. The van der Waals surface area contributed by atoms with E-state index in [1.807, 2.05) is 13.0 Å². The Hall–Kier alpha value is -1.36. The van der Waals surface area contributed by atoms with Gasteiger partial charge in [0.25, 0.3) is 0 Å². The molecule has 2 amide bonds. The highest BCUT2D eigenvalue weighted by molar-refractivity contribution is 7.84. The summed E-state index contributed by atoms with van der Waals surface area (Å²) in [5.41, 5.74) is 1.40. The lowest BCUT2D eigenvalue weighted by Gasteiger charge is -2.35. The van der Waals surface area contributed by atoms with E-state index in [0.717, 1.165) is 19.4 Å². The summed E-state index contributed by atoms with van der Waals surface area (Å²) >= 11 is 0. The second-order valence-electron chi connectivity index (χ2n) is 5.94. The van der Waals surface area contributed by atoms with Crippen molar-refractivity contribution < 1.29 is 9.00 Å². The lowest BCUT2D eigenvalue weighted by molar-refractivity contribution is 0.223. The van der Waals surface area contributed by atoms with Gasteiger partial charge in [-0.1, -0.05) is 30.3 Å². The molecule has 0 spiro atoms. The third-order valence-electron chi connectivity index (χ3n) is 3.92. The molecule has 1 aromatic rings. The summed E-state index contributed by atoms with van der Waals surface area (Å²) in [5, 5.41) is 5.73. The molecule has 0 saturated heterocycles. The highest BCUT2D eigenvalue weighted by Crippen LogP contribution is 2.40. The highest BCUT2D eigenvalue weighted by Gasteiger charge is 2.30. The van der Waals surface area contributed by atoms with Crippen molar-refractivity contribution in [2.75, 3.05) is 18.6 Å². The van der Waals surface area contributed by atoms with Gasteiger partial charge in [-0.2, -0.15) is 0 Å². The van der Waals surface area contributed by atoms with Crippen molar-refractivity contribution in [1.82, 2.24) is 10.6 Å². The number of carbonyl (C=O) groups excluding carboxylic acids is 1. The molecule has 21 heavy (non-hydrogen) atoms. The van der Waals surface area contributed by atoms with Crippen LogP contribution in [-0.4, -0.2) is 34.8 Å². The summed E-state index contributed by atoms with van der Waals surface area (Å²) in [5.74, 6) is 1.70. The number of nitrogens with one attached hydrogen (secondary N) is 2. The van der Waals surface area contributed by atoms with Gasteiger partial charge < -0.3 is 10.6 Å². The molecule has 0 aromatic heterocycles. The number of rotatable bonds is 6. The highest BCUT2D eigenvalue weighted by atomic mass is 32.2.